The molecule has 2 aromatic rings. The molecule has 9 atom stereocenters. The van der Waals surface area contributed by atoms with Crippen LogP contribution in [0.5, 0.6) is 0 Å². The van der Waals surface area contributed by atoms with Gasteiger partial charge < -0.3 is 15.2 Å². The lowest BCUT2D eigenvalue weighted by Crippen LogP contribution is -2.69. The van der Waals surface area contributed by atoms with Crippen LogP contribution in [0.2, 0.25) is 0 Å². The van der Waals surface area contributed by atoms with Crippen LogP contribution in [0.15, 0.2) is 42.6 Å². The summed E-state index contributed by atoms with van der Waals surface area (Å²) in [6.45, 7) is 13.6. The maximum atomic E-state index is 11.7. The number of H-pyrrole nitrogens is 1. The van der Waals surface area contributed by atoms with E-state index in [2.05, 4.69) is 69.7 Å². The fourth-order valence-corrected chi connectivity index (χ4v) is 8.69. The quantitative estimate of drug-likeness (QED) is 0.518. The van der Waals surface area contributed by atoms with Gasteiger partial charge in [0.05, 0.1) is 12.2 Å². The summed E-state index contributed by atoms with van der Waals surface area (Å²) in [6.07, 6.45) is 6.21. The van der Waals surface area contributed by atoms with Gasteiger partial charge in [-0.2, -0.15) is 0 Å². The molecule has 3 N–H and O–H groups in total. The molecule has 3 aliphatic rings. The molecule has 0 aliphatic heterocycles. The van der Waals surface area contributed by atoms with Gasteiger partial charge >= 0.3 is 0 Å². The van der Waals surface area contributed by atoms with Crippen molar-refractivity contribution in [2.45, 2.75) is 77.9 Å². The molecule has 0 saturated heterocycles. The van der Waals surface area contributed by atoms with Crippen molar-refractivity contribution in [2.75, 3.05) is 0 Å². The number of aliphatic hydroxyl groups excluding tert-OH is 2. The lowest BCUT2D eigenvalue weighted by atomic mass is 9.35. The van der Waals surface area contributed by atoms with Gasteiger partial charge in [0, 0.05) is 27.9 Å². The molecule has 5 rings (SSSR count). The van der Waals surface area contributed by atoms with Gasteiger partial charge in [-0.25, -0.2) is 0 Å². The van der Waals surface area contributed by atoms with Gasteiger partial charge in [0.25, 0.3) is 0 Å². The highest BCUT2D eigenvalue weighted by Crippen LogP contribution is 2.72. The molecule has 0 bridgehead atoms. The molecular weight excluding hydrogens is 382 g/mol. The minimum Gasteiger partial charge on any atom is -0.393 e. The summed E-state index contributed by atoms with van der Waals surface area (Å²) >= 11 is 0. The Balaban J connectivity index is 1.75. The Hall–Kier alpha value is -1.58. The molecule has 9 unspecified atom stereocenters. The number of benzene rings is 1. The molecule has 1 aromatic carbocycles. The highest BCUT2D eigenvalue weighted by molar-refractivity contribution is 5.83. The van der Waals surface area contributed by atoms with Crippen molar-refractivity contribution < 1.29 is 10.2 Å². The van der Waals surface area contributed by atoms with Crippen LogP contribution in [0.4, 0.5) is 0 Å². The number of aliphatic hydroxyl groups is 2. The van der Waals surface area contributed by atoms with E-state index in [0.717, 1.165) is 32.1 Å². The maximum absolute atomic E-state index is 11.7. The topological polar surface area (TPSA) is 56.2 Å². The Bertz CT molecular complexity index is 994. The van der Waals surface area contributed by atoms with Crippen molar-refractivity contribution in [1.29, 1.82) is 0 Å². The number of para-hydroxylation sites is 1. The van der Waals surface area contributed by atoms with E-state index in [9.17, 15) is 10.2 Å². The van der Waals surface area contributed by atoms with E-state index >= 15 is 0 Å². The van der Waals surface area contributed by atoms with Crippen molar-refractivity contribution in [1.82, 2.24) is 4.98 Å². The third kappa shape index (κ3) is 2.66. The van der Waals surface area contributed by atoms with Crippen LogP contribution in [0.3, 0.4) is 0 Å². The monoisotopic (exact) mass is 421 g/mol. The summed E-state index contributed by atoms with van der Waals surface area (Å²) in [7, 11) is 0. The number of rotatable bonds is 2. The first-order chi connectivity index (χ1) is 14.7. The minimum atomic E-state index is -0.353. The van der Waals surface area contributed by atoms with Crippen molar-refractivity contribution in [3.8, 4) is 0 Å². The molecule has 1 aromatic heterocycles. The molecule has 3 saturated carbocycles. The molecular formula is C28H39NO2. The van der Waals surface area contributed by atoms with E-state index in [1.807, 2.05) is 0 Å². The van der Waals surface area contributed by atoms with Gasteiger partial charge in [-0.15, -0.1) is 0 Å². The van der Waals surface area contributed by atoms with Crippen LogP contribution >= 0.6 is 0 Å². The molecule has 3 aliphatic carbocycles. The number of aromatic nitrogens is 1. The standard InChI is InChI=1S/C28H39NO2/c1-16(2)19-12-13-28-23(30)11-10-18(4)27(28,5)24(31)14-17(3)26(28)25(19)21-15-29-22-9-7-6-8-20(21)22/h6-9,15,17-19,23-26,29-31H,1,10-14H2,2-5H3. The van der Waals surface area contributed by atoms with Crippen LogP contribution in [-0.2, 0) is 0 Å². The van der Waals surface area contributed by atoms with E-state index in [-0.39, 0.29) is 23.0 Å². The van der Waals surface area contributed by atoms with Crippen LogP contribution in [-0.4, -0.2) is 27.4 Å². The lowest BCUT2D eigenvalue weighted by molar-refractivity contribution is -0.266. The number of aromatic amines is 1. The largest absolute Gasteiger partial charge is 0.393 e. The van der Waals surface area contributed by atoms with Crippen LogP contribution in [0.25, 0.3) is 10.9 Å². The zero-order chi connectivity index (χ0) is 22.1. The second-order valence-electron chi connectivity index (χ2n) is 11.4. The second kappa shape index (κ2) is 7.22. The lowest BCUT2D eigenvalue weighted by Gasteiger charge is -2.70. The van der Waals surface area contributed by atoms with Gasteiger partial charge in [0.2, 0.25) is 0 Å². The first kappa shape index (κ1) is 21.3. The van der Waals surface area contributed by atoms with E-state index in [0.29, 0.717) is 29.6 Å². The number of allylic oxidation sites excluding steroid dienone is 1. The molecule has 3 fully saturated rings. The van der Waals surface area contributed by atoms with Crippen molar-refractivity contribution in [2.24, 2.45) is 34.5 Å². The Labute approximate surface area is 187 Å². The number of hydrogen-bond acceptors (Lipinski definition) is 2. The first-order valence-corrected chi connectivity index (χ1v) is 12.3. The van der Waals surface area contributed by atoms with E-state index in [1.165, 1.54) is 22.0 Å². The van der Waals surface area contributed by atoms with Gasteiger partial charge in [0.15, 0.2) is 0 Å². The zero-order valence-corrected chi connectivity index (χ0v) is 19.6. The Morgan fingerprint density at radius 3 is 2.58 bits per heavy atom. The summed E-state index contributed by atoms with van der Waals surface area (Å²) in [5.41, 5.74) is 3.30. The highest BCUT2D eigenvalue weighted by Gasteiger charge is 2.70. The Morgan fingerprint density at radius 1 is 1.10 bits per heavy atom. The van der Waals surface area contributed by atoms with Crippen molar-refractivity contribution in [3.63, 3.8) is 0 Å². The average molecular weight is 422 g/mol. The van der Waals surface area contributed by atoms with Gasteiger partial charge in [-0.3, -0.25) is 0 Å². The normalized spacial score (nSPS) is 45.2. The summed E-state index contributed by atoms with van der Waals surface area (Å²) in [4.78, 5) is 3.52. The van der Waals surface area contributed by atoms with E-state index in [4.69, 9.17) is 0 Å². The minimum absolute atomic E-state index is 0.253. The molecule has 1 heterocycles. The SMILES string of the molecule is C=C(C)C1CCC23C(O)CCC(C)C2(C)C(O)CC(C)C3C1c1c[nH]c2ccccc12. The average Bonchev–Trinajstić information content (AvgIpc) is 3.17. The Kier molecular flexibility index (Phi) is 4.95. The van der Waals surface area contributed by atoms with E-state index in [1.54, 1.807) is 0 Å². The fourth-order valence-electron chi connectivity index (χ4n) is 8.69. The highest BCUT2D eigenvalue weighted by atomic mass is 16.3. The van der Waals surface area contributed by atoms with Crippen LogP contribution in [0, 0.1) is 34.5 Å². The first-order valence-electron chi connectivity index (χ1n) is 12.3. The summed E-state index contributed by atoms with van der Waals surface area (Å²) in [5, 5.41) is 24.5. The fraction of sp³-hybridized carbons (Fsp3) is 0.643. The third-order valence-corrected chi connectivity index (χ3v) is 10.3. The molecule has 0 amide bonds. The molecule has 0 radical (unpaired) electrons. The Morgan fingerprint density at radius 2 is 1.84 bits per heavy atom. The smallest absolute Gasteiger partial charge is 0.0605 e. The predicted octanol–water partition coefficient (Wildman–Crippen LogP) is 6.04. The van der Waals surface area contributed by atoms with Crippen LogP contribution in [0.1, 0.15) is 71.3 Å². The van der Waals surface area contributed by atoms with Crippen molar-refractivity contribution in [3.05, 3.63) is 48.2 Å². The molecule has 3 nitrogen and oxygen atoms in total. The number of hydrogen-bond donors (Lipinski definition) is 3. The molecule has 1 spiro atoms. The van der Waals surface area contributed by atoms with Crippen LogP contribution < -0.4 is 0 Å². The predicted molar refractivity (Wildman–Crippen MR) is 127 cm³/mol. The van der Waals surface area contributed by atoms with Crippen molar-refractivity contribution >= 4 is 10.9 Å². The summed E-state index contributed by atoms with van der Waals surface area (Å²) in [5.74, 6) is 1.80. The zero-order valence-electron chi connectivity index (χ0n) is 19.6. The number of fused-ring (bicyclic) bond motifs is 1. The molecule has 31 heavy (non-hydrogen) atoms. The van der Waals surface area contributed by atoms with Gasteiger partial charge in [-0.1, -0.05) is 51.1 Å². The summed E-state index contributed by atoms with van der Waals surface area (Å²) < 4.78 is 0. The second-order valence-corrected chi connectivity index (χ2v) is 11.4. The molecule has 168 valence electrons. The van der Waals surface area contributed by atoms with Gasteiger partial charge in [0.1, 0.15) is 0 Å². The number of nitrogens with one attached hydrogen (secondary N) is 1. The van der Waals surface area contributed by atoms with E-state index < -0.39 is 0 Å². The third-order valence-electron chi connectivity index (χ3n) is 10.3. The maximum Gasteiger partial charge on any atom is 0.0605 e. The summed E-state index contributed by atoms with van der Waals surface area (Å²) in [6, 6.07) is 8.61. The van der Waals surface area contributed by atoms with Gasteiger partial charge in [-0.05, 0) is 80.2 Å². The molecule has 3 heteroatoms.